The van der Waals surface area contributed by atoms with Gasteiger partial charge in [0.05, 0.1) is 4.88 Å². The van der Waals surface area contributed by atoms with Crippen LogP contribution in [0.1, 0.15) is 10.6 Å². The van der Waals surface area contributed by atoms with Crippen LogP contribution in [0.15, 0.2) is 47.4 Å². The van der Waals surface area contributed by atoms with Crippen molar-refractivity contribution in [3.63, 3.8) is 0 Å². The summed E-state index contributed by atoms with van der Waals surface area (Å²) in [5, 5.41) is 0. The number of hydrogen-bond acceptors (Lipinski definition) is 5. The van der Waals surface area contributed by atoms with Crippen LogP contribution in [0.3, 0.4) is 0 Å². The number of rotatable bonds is 3. The first-order valence-electron chi connectivity index (χ1n) is 5.27. The Kier molecular flexibility index (Phi) is 2.74. The summed E-state index contributed by atoms with van der Waals surface area (Å²) in [5.74, 6) is 1.04. The van der Waals surface area contributed by atoms with Crippen molar-refractivity contribution in [2.24, 2.45) is 0 Å². The molecule has 0 saturated heterocycles. The van der Waals surface area contributed by atoms with Crippen LogP contribution >= 0.6 is 11.3 Å². The van der Waals surface area contributed by atoms with E-state index in [0.717, 1.165) is 15.3 Å². The van der Waals surface area contributed by atoms with Crippen LogP contribution in [0.4, 0.5) is 0 Å². The SMILES string of the molecule is O=Cc1ccc(-c2ccc(-c3cncnc3)s2)o1. The van der Waals surface area contributed by atoms with Gasteiger partial charge in [-0.1, -0.05) is 0 Å². The van der Waals surface area contributed by atoms with Crippen molar-refractivity contribution in [2.45, 2.75) is 0 Å². The fourth-order valence-electron chi connectivity index (χ4n) is 1.60. The van der Waals surface area contributed by atoms with Crippen molar-refractivity contribution in [1.82, 2.24) is 9.97 Å². The summed E-state index contributed by atoms with van der Waals surface area (Å²) < 4.78 is 5.38. The van der Waals surface area contributed by atoms with Gasteiger partial charge < -0.3 is 4.42 Å². The van der Waals surface area contributed by atoms with Gasteiger partial charge in [0, 0.05) is 22.8 Å². The third-order valence-corrected chi connectivity index (χ3v) is 3.59. The van der Waals surface area contributed by atoms with Gasteiger partial charge in [-0.25, -0.2) is 9.97 Å². The number of furan rings is 1. The normalized spacial score (nSPS) is 10.4. The lowest BCUT2D eigenvalue weighted by molar-refractivity contribution is 0.110. The van der Waals surface area contributed by atoms with Gasteiger partial charge in [0.25, 0.3) is 0 Å². The zero-order valence-electron chi connectivity index (χ0n) is 9.24. The molecule has 0 atom stereocenters. The summed E-state index contributed by atoms with van der Waals surface area (Å²) in [5.41, 5.74) is 0.968. The van der Waals surface area contributed by atoms with Crippen LogP contribution in [0.25, 0.3) is 21.1 Å². The molecule has 0 aliphatic rings. The summed E-state index contributed by atoms with van der Waals surface area (Å²) in [7, 11) is 0. The Labute approximate surface area is 107 Å². The maximum atomic E-state index is 10.6. The van der Waals surface area contributed by atoms with Crippen LogP contribution in [-0.4, -0.2) is 16.3 Å². The monoisotopic (exact) mass is 256 g/mol. The first-order valence-corrected chi connectivity index (χ1v) is 6.09. The average molecular weight is 256 g/mol. The minimum atomic E-state index is 0.336. The molecular weight excluding hydrogens is 248 g/mol. The number of aromatic nitrogens is 2. The Morgan fingerprint density at radius 1 is 1.06 bits per heavy atom. The second-order valence-electron chi connectivity index (χ2n) is 3.61. The van der Waals surface area contributed by atoms with Gasteiger partial charge in [0.2, 0.25) is 0 Å². The molecule has 3 aromatic rings. The zero-order chi connectivity index (χ0) is 12.4. The first-order chi connectivity index (χ1) is 8.86. The van der Waals surface area contributed by atoms with Crippen LogP contribution in [0.5, 0.6) is 0 Å². The van der Waals surface area contributed by atoms with Crippen molar-refractivity contribution in [2.75, 3.05) is 0 Å². The van der Waals surface area contributed by atoms with Crippen molar-refractivity contribution < 1.29 is 9.21 Å². The molecule has 0 bridgehead atoms. The molecule has 3 rings (SSSR count). The lowest BCUT2D eigenvalue weighted by Crippen LogP contribution is -1.77. The molecule has 3 aromatic heterocycles. The largest absolute Gasteiger partial charge is 0.452 e. The number of carbonyl (C=O) groups is 1. The third-order valence-electron chi connectivity index (χ3n) is 2.44. The molecule has 0 aliphatic carbocycles. The van der Waals surface area contributed by atoms with Crippen LogP contribution in [0, 0.1) is 0 Å². The smallest absolute Gasteiger partial charge is 0.185 e. The molecule has 0 amide bonds. The van der Waals surface area contributed by atoms with Gasteiger partial charge in [0.1, 0.15) is 12.1 Å². The molecule has 88 valence electrons. The van der Waals surface area contributed by atoms with Crippen LogP contribution < -0.4 is 0 Å². The van der Waals surface area contributed by atoms with Gasteiger partial charge in [-0.2, -0.15) is 0 Å². The Balaban J connectivity index is 1.96. The van der Waals surface area contributed by atoms with E-state index in [-0.39, 0.29) is 0 Å². The molecule has 3 heterocycles. The highest BCUT2D eigenvalue weighted by molar-refractivity contribution is 7.18. The van der Waals surface area contributed by atoms with E-state index in [4.69, 9.17) is 4.42 Å². The number of hydrogen-bond donors (Lipinski definition) is 0. The summed E-state index contributed by atoms with van der Waals surface area (Å²) in [6.07, 6.45) is 5.73. The minimum absolute atomic E-state index is 0.336. The van der Waals surface area contributed by atoms with Crippen molar-refractivity contribution in [3.05, 3.63) is 48.7 Å². The Hall–Kier alpha value is -2.27. The number of carbonyl (C=O) groups excluding carboxylic acids is 1. The number of nitrogens with zero attached hydrogens (tertiary/aromatic N) is 2. The number of thiophene rings is 1. The quantitative estimate of drug-likeness (QED) is 0.675. The van der Waals surface area contributed by atoms with E-state index < -0.39 is 0 Å². The van der Waals surface area contributed by atoms with Gasteiger partial charge in [0.15, 0.2) is 12.0 Å². The molecule has 0 aliphatic heterocycles. The standard InChI is InChI=1S/C13H8N2O2S/c16-7-10-1-2-11(17-10)13-4-3-12(18-13)9-5-14-8-15-6-9/h1-8H. The molecule has 5 heteroatoms. The van der Waals surface area contributed by atoms with E-state index in [0.29, 0.717) is 17.8 Å². The molecule has 0 saturated carbocycles. The highest BCUT2D eigenvalue weighted by Crippen LogP contribution is 2.34. The first kappa shape index (κ1) is 10.9. The van der Waals surface area contributed by atoms with Gasteiger partial charge in [-0.3, -0.25) is 4.79 Å². The van der Waals surface area contributed by atoms with Crippen LogP contribution in [-0.2, 0) is 0 Å². The fraction of sp³-hybridized carbons (Fsp3) is 0. The van der Waals surface area contributed by atoms with Crippen molar-refractivity contribution >= 4 is 17.6 Å². The molecule has 18 heavy (non-hydrogen) atoms. The Morgan fingerprint density at radius 3 is 2.56 bits per heavy atom. The number of aldehydes is 1. The van der Waals surface area contributed by atoms with E-state index in [9.17, 15) is 4.79 Å². The lowest BCUT2D eigenvalue weighted by Gasteiger charge is -1.93. The average Bonchev–Trinajstić information content (AvgIpc) is 3.08. The summed E-state index contributed by atoms with van der Waals surface area (Å²) in [6, 6.07) is 7.40. The van der Waals surface area contributed by atoms with Gasteiger partial charge in [-0.15, -0.1) is 11.3 Å². The second kappa shape index (κ2) is 4.54. The van der Waals surface area contributed by atoms with E-state index in [1.54, 1.807) is 35.9 Å². The van der Waals surface area contributed by atoms with E-state index in [1.807, 2.05) is 12.1 Å². The Bertz CT molecular complexity index is 673. The van der Waals surface area contributed by atoms with E-state index in [1.165, 1.54) is 6.33 Å². The third kappa shape index (κ3) is 1.96. The van der Waals surface area contributed by atoms with Crippen molar-refractivity contribution in [3.8, 4) is 21.1 Å². The molecule has 4 nitrogen and oxygen atoms in total. The predicted molar refractivity (Wildman–Crippen MR) is 68.4 cm³/mol. The van der Waals surface area contributed by atoms with Crippen molar-refractivity contribution in [1.29, 1.82) is 0 Å². The maximum Gasteiger partial charge on any atom is 0.185 e. The molecule has 0 radical (unpaired) electrons. The highest BCUT2D eigenvalue weighted by Gasteiger charge is 2.08. The molecule has 0 aromatic carbocycles. The summed E-state index contributed by atoms with van der Waals surface area (Å²) in [6.45, 7) is 0. The Morgan fingerprint density at radius 2 is 1.83 bits per heavy atom. The second-order valence-corrected chi connectivity index (χ2v) is 4.69. The fourth-order valence-corrected chi connectivity index (χ4v) is 2.54. The van der Waals surface area contributed by atoms with E-state index in [2.05, 4.69) is 9.97 Å². The lowest BCUT2D eigenvalue weighted by atomic mass is 10.3. The highest BCUT2D eigenvalue weighted by atomic mass is 32.1. The summed E-state index contributed by atoms with van der Waals surface area (Å²) >= 11 is 1.57. The predicted octanol–water partition coefficient (Wildman–Crippen LogP) is 3.28. The molecule has 0 unspecified atom stereocenters. The molecule has 0 N–H and O–H groups in total. The van der Waals surface area contributed by atoms with Gasteiger partial charge in [-0.05, 0) is 24.3 Å². The maximum absolute atomic E-state index is 10.6. The van der Waals surface area contributed by atoms with E-state index >= 15 is 0 Å². The molecule has 0 fully saturated rings. The molecular formula is C13H8N2O2S. The minimum Gasteiger partial charge on any atom is -0.452 e. The topological polar surface area (TPSA) is 56.0 Å². The molecule has 0 spiro atoms. The zero-order valence-corrected chi connectivity index (χ0v) is 10.1. The summed E-state index contributed by atoms with van der Waals surface area (Å²) in [4.78, 5) is 20.6. The van der Waals surface area contributed by atoms with Crippen LogP contribution in [0.2, 0.25) is 0 Å². The van der Waals surface area contributed by atoms with Gasteiger partial charge >= 0.3 is 0 Å².